The Morgan fingerprint density at radius 1 is 0.923 bits per heavy atom. The van der Waals surface area contributed by atoms with Gasteiger partial charge in [0.1, 0.15) is 5.65 Å². The van der Waals surface area contributed by atoms with Crippen molar-refractivity contribution >= 4 is 11.3 Å². The minimum Gasteiger partial charge on any atom is -0.378 e. The zero-order valence-corrected chi connectivity index (χ0v) is 15.5. The van der Waals surface area contributed by atoms with E-state index in [0.717, 1.165) is 23.3 Å². The summed E-state index contributed by atoms with van der Waals surface area (Å²) in [5, 5.41) is 0. The van der Waals surface area contributed by atoms with Gasteiger partial charge in [-0.05, 0) is 42.3 Å². The molecular formula is C23H23N3. The number of hydrogen-bond donors (Lipinski definition) is 0. The molecule has 3 heteroatoms. The first-order valence-corrected chi connectivity index (χ1v) is 8.91. The highest BCUT2D eigenvalue weighted by molar-refractivity contribution is 5.67. The van der Waals surface area contributed by atoms with Crippen molar-refractivity contribution in [1.82, 2.24) is 9.38 Å². The van der Waals surface area contributed by atoms with Gasteiger partial charge in [0.2, 0.25) is 0 Å². The number of hydrogen-bond acceptors (Lipinski definition) is 2. The third kappa shape index (κ3) is 3.08. The smallest absolute Gasteiger partial charge is 0.137 e. The second-order valence-corrected chi connectivity index (χ2v) is 6.94. The molecule has 0 aliphatic heterocycles. The van der Waals surface area contributed by atoms with Gasteiger partial charge in [-0.1, -0.05) is 42.5 Å². The van der Waals surface area contributed by atoms with Gasteiger partial charge in [-0.2, -0.15) is 0 Å². The highest BCUT2D eigenvalue weighted by Gasteiger charge is 2.14. The van der Waals surface area contributed by atoms with Gasteiger partial charge < -0.3 is 9.30 Å². The van der Waals surface area contributed by atoms with E-state index in [1.165, 1.54) is 22.5 Å². The summed E-state index contributed by atoms with van der Waals surface area (Å²) in [6.07, 6.45) is 2.98. The number of aryl methyl sites for hydroxylation is 1. The maximum absolute atomic E-state index is 4.94. The lowest BCUT2D eigenvalue weighted by Gasteiger charge is -2.13. The molecule has 0 spiro atoms. The van der Waals surface area contributed by atoms with Crippen molar-refractivity contribution in [3.05, 3.63) is 89.7 Å². The first-order valence-electron chi connectivity index (χ1n) is 8.91. The van der Waals surface area contributed by atoms with Crippen LogP contribution in [0.2, 0.25) is 0 Å². The van der Waals surface area contributed by atoms with Crippen LogP contribution in [0.5, 0.6) is 0 Å². The van der Waals surface area contributed by atoms with Crippen LogP contribution in [0.1, 0.15) is 16.8 Å². The first-order chi connectivity index (χ1) is 12.6. The number of aromatic nitrogens is 2. The van der Waals surface area contributed by atoms with Gasteiger partial charge in [0, 0.05) is 38.0 Å². The van der Waals surface area contributed by atoms with E-state index in [1.807, 2.05) is 6.07 Å². The average molecular weight is 341 g/mol. The average Bonchev–Trinajstić information content (AvgIpc) is 3.00. The van der Waals surface area contributed by atoms with E-state index in [-0.39, 0.29) is 0 Å². The molecule has 4 rings (SSSR count). The number of pyridine rings is 1. The number of anilines is 1. The topological polar surface area (TPSA) is 20.5 Å². The highest BCUT2D eigenvalue weighted by atomic mass is 15.1. The Hall–Kier alpha value is -3.07. The van der Waals surface area contributed by atoms with Crippen molar-refractivity contribution < 1.29 is 0 Å². The standard InChI is InChI=1S/C23H23N3/c1-17-13-14-26-21(16-18-9-11-20(12-10-18)25(2)3)23(24-22(26)15-17)19-7-5-4-6-8-19/h4-15H,16H2,1-3H3. The van der Waals surface area contributed by atoms with Gasteiger partial charge in [-0.15, -0.1) is 0 Å². The van der Waals surface area contributed by atoms with Crippen LogP contribution in [0.4, 0.5) is 5.69 Å². The van der Waals surface area contributed by atoms with Gasteiger partial charge >= 0.3 is 0 Å². The number of benzene rings is 2. The summed E-state index contributed by atoms with van der Waals surface area (Å²) in [6.45, 7) is 2.11. The van der Waals surface area contributed by atoms with Crippen LogP contribution in [-0.2, 0) is 6.42 Å². The molecule has 0 saturated heterocycles. The van der Waals surface area contributed by atoms with Crippen LogP contribution in [-0.4, -0.2) is 23.5 Å². The molecule has 0 radical (unpaired) electrons. The van der Waals surface area contributed by atoms with E-state index in [9.17, 15) is 0 Å². The fraction of sp³-hybridized carbons (Fsp3) is 0.174. The Morgan fingerprint density at radius 2 is 1.65 bits per heavy atom. The second kappa shape index (κ2) is 6.68. The van der Waals surface area contributed by atoms with Crippen molar-refractivity contribution in [1.29, 1.82) is 0 Å². The molecule has 2 aromatic carbocycles. The largest absolute Gasteiger partial charge is 0.378 e. The molecule has 0 aliphatic rings. The van der Waals surface area contributed by atoms with Crippen LogP contribution in [0.15, 0.2) is 72.9 Å². The quantitative estimate of drug-likeness (QED) is 0.522. The van der Waals surface area contributed by atoms with Gasteiger partial charge in [-0.3, -0.25) is 0 Å². The molecule has 130 valence electrons. The number of imidazole rings is 1. The lowest BCUT2D eigenvalue weighted by Crippen LogP contribution is -2.08. The predicted molar refractivity (Wildman–Crippen MR) is 109 cm³/mol. The molecule has 0 unspecified atom stereocenters. The summed E-state index contributed by atoms with van der Waals surface area (Å²) >= 11 is 0. The summed E-state index contributed by atoms with van der Waals surface area (Å²) in [4.78, 5) is 7.06. The van der Waals surface area contributed by atoms with Gasteiger partial charge in [0.25, 0.3) is 0 Å². The van der Waals surface area contributed by atoms with Crippen molar-refractivity contribution in [2.24, 2.45) is 0 Å². The Bertz CT molecular complexity index is 1030. The molecule has 2 heterocycles. The fourth-order valence-electron chi connectivity index (χ4n) is 3.30. The van der Waals surface area contributed by atoms with Crippen LogP contribution in [0.3, 0.4) is 0 Å². The zero-order chi connectivity index (χ0) is 18.1. The van der Waals surface area contributed by atoms with Crippen molar-refractivity contribution in [2.75, 3.05) is 19.0 Å². The molecule has 0 bridgehead atoms. The maximum Gasteiger partial charge on any atom is 0.137 e. The molecule has 3 nitrogen and oxygen atoms in total. The van der Waals surface area contributed by atoms with Crippen LogP contribution in [0, 0.1) is 6.92 Å². The van der Waals surface area contributed by atoms with Gasteiger partial charge in [0.05, 0.1) is 11.4 Å². The van der Waals surface area contributed by atoms with Crippen molar-refractivity contribution in [2.45, 2.75) is 13.3 Å². The monoisotopic (exact) mass is 341 g/mol. The van der Waals surface area contributed by atoms with Gasteiger partial charge in [-0.25, -0.2) is 4.98 Å². The molecule has 26 heavy (non-hydrogen) atoms. The Kier molecular flexibility index (Phi) is 4.21. The summed E-state index contributed by atoms with van der Waals surface area (Å²) in [5.74, 6) is 0. The summed E-state index contributed by atoms with van der Waals surface area (Å²) < 4.78 is 2.22. The van der Waals surface area contributed by atoms with Gasteiger partial charge in [0.15, 0.2) is 0 Å². The molecule has 0 saturated carbocycles. The molecule has 0 fully saturated rings. The molecule has 2 aromatic heterocycles. The number of fused-ring (bicyclic) bond motifs is 1. The van der Waals surface area contributed by atoms with E-state index < -0.39 is 0 Å². The summed E-state index contributed by atoms with van der Waals surface area (Å²) in [5.41, 5.74) is 8.18. The third-order valence-electron chi connectivity index (χ3n) is 4.75. The highest BCUT2D eigenvalue weighted by Crippen LogP contribution is 2.27. The van der Waals surface area contributed by atoms with Crippen LogP contribution >= 0.6 is 0 Å². The molecule has 0 aliphatic carbocycles. The summed E-state index contributed by atoms with van der Waals surface area (Å²) in [6, 6.07) is 23.5. The van der Waals surface area contributed by atoms with Crippen molar-refractivity contribution in [3.8, 4) is 11.3 Å². The van der Waals surface area contributed by atoms with E-state index in [0.29, 0.717) is 0 Å². The Morgan fingerprint density at radius 3 is 2.35 bits per heavy atom. The molecule has 0 amide bonds. The SMILES string of the molecule is Cc1ccn2c(Cc3ccc(N(C)C)cc3)c(-c3ccccc3)nc2c1. The second-order valence-electron chi connectivity index (χ2n) is 6.94. The molecule has 0 atom stereocenters. The lowest BCUT2D eigenvalue weighted by molar-refractivity contribution is 1.02. The lowest BCUT2D eigenvalue weighted by atomic mass is 10.0. The Labute approximate surface area is 154 Å². The van der Waals surface area contributed by atoms with Crippen molar-refractivity contribution in [3.63, 3.8) is 0 Å². The minimum absolute atomic E-state index is 0.849. The Balaban J connectivity index is 1.82. The zero-order valence-electron chi connectivity index (χ0n) is 15.5. The molecular weight excluding hydrogens is 318 g/mol. The number of rotatable bonds is 4. The maximum atomic E-state index is 4.94. The van der Waals surface area contributed by atoms with Crippen LogP contribution < -0.4 is 4.90 Å². The van der Waals surface area contributed by atoms with E-state index in [2.05, 4.69) is 97.2 Å². The van der Waals surface area contributed by atoms with E-state index in [4.69, 9.17) is 4.98 Å². The third-order valence-corrected chi connectivity index (χ3v) is 4.75. The predicted octanol–water partition coefficient (Wildman–Crippen LogP) is 4.97. The van der Waals surface area contributed by atoms with E-state index >= 15 is 0 Å². The molecule has 4 aromatic rings. The summed E-state index contributed by atoms with van der Waals surface area (Å²) in [7, 11) is 4.13. The number of nitrogens with zero attached hydrogens (tertiary/aromatic N) is 3. The first kappa shape index (κ1) is 16.4. The minimum atomic E-state index is 0.849. The normalized spacial score (nSPS) is 11.0. The molecule has 0 N–H and O–H groups in total. The van der Waals surface area contributed by atoms with E-state index in [1.54, 1.807) is 0 Å². The fourth-order valence-corrected chi connectivity index (χ4v) is 3.30. The van der Waals surface area contributed by atoms with Crippen LogP contribution in [0.25, 0.3) is 16.9 Å².